The Balaban J connectivity index is 1.64. The van der Waals surface area contributed by atoms with E-state index < -0.39 is 9.84 Å². The highest BCUT2D eigenvalue weighted by Crippen LogP contribution is 2.40. The molecule has 3 atom stereocenters. The topological polar surface area (TPSA) is 78.6 Å². The van der Waals surface area contributed by atoms with Crippen molar-refractivity contribution in [3.8, 4) is 0 Å². The SMILES string of the molecule is NC(C1CCOC2(CCOCC2)C1)C1CCS(=O)(=O)C1. The number of hydrogen-bond acceptors (Lipinski definition) is 5. The first-order valence-electron chi connectivity index (χ1n) is 7.67. The number of ether oxygens (including phenoxy) is 2. The molecule has 3 unspecified atom stereocenters. The summed E-state index contributed by atoms with van der Waals surface area (Å²) in [5.74, 6) is 1.12. The molecule has 3 saturated heterocycles. The maximum Gasteiger partial charge on any atom is 0.150 e. The van der Waals surface area contributed by atoms with E-state index in [2.05, 4.69) is 0 Å². The Kier molecular flexibility index (Phi) is 4.10. The molecule has 3 aliphatic rings. The lowest BCUT2D eigenvalue weighted by Gasteiger charge is -2.45. The third-order valence-electron chi connectivity index (χ3n) is 5.29. The zero-order valence-corrected chi connectivity index (χ0v) is 12.7. The minimum Gasteiger partial charge on any atom is -0.381 e. The van der Waals surface area contributed by atoms with Crippen LogP contribution >= 0.6 is 0 Å². The minimum atomic E-state index is -2.84. The fourth-order valence-electron chi connectivity index (χ4n) is 4.00. The Labute approximate surface area is 121 Å². The van der Waals surface area contributed by atoms with Crippen LogP contribution < -0.4 is 5.73 Å². The maximum atomic E-state index is 11.6. The van der Waals surface area contributed by atoms with E-state index >= 15 is 0 Å². The Morgan fingerprint density at radius 1 is 1.10 bits per heavy atom. The van der Waals surface area contributed by atoms with E-state index in [0.29, 0.717) is 11.7 Å². The van der Waals surface area contributed by atoms with Crippen molar-refractivity contribution in [1.29, 1.82) is 0 Å². The van der Waals surface area contributed by atoms with Crippen LogP contribution in [-0.2, 0) is 19.3 Å². The van der Waals surface area contributed by atoms with Crippen LogP contribution in [0.4, 0.5) is 0 Å². The van der Waals surface area contributed by atoms with E-state index in [1.165, 1.54) is 0 Å². The third kappa shape index (κ3) is 3.03. The highest BCUT2D eigenvalue weighted by Gasteiger charge is 2.43. The van der Waals surface area contributed by atoms with E-state index in [-0.39, 0.29) is 23.3 Å². The zero-order chi connectivity index (χ0) is 14.2. The number of sulfone groups is 1. The lowest BCUT2D eigenvalue weighted by Crippen LogP contribution is -2.50. The van der Waals surface area contributed by atoms with Crippen molar-refractivity contribution in [1.82, 2.24) is 0 Å². The highest BCUT2D eigenvalue weighted by molar-refractivity contribution is 7.91. The molecule has 0 radical (unpaired) electrons. The summed E-state index contributed by atoms with van der Waals surface area (Å²) < 4.78 is 34.7. The summed E-state index contributed by atoms with van der Waals surface area (Å²) in [6, 6.07) is -0.00380. The Hall–Kier alpha value is -0.170. The second kappa shape index (κ2) is 5.55. The lowest BCUT2D eigenvalue weighted by molar-refractivity contribution is -0.150. The lowest BCUT2D eigenvalue weighted by atomic mass is 9.75. The van der Waals surface area contributed by atoms with E-state index in [9.17, 15) is 8.42 Å². The van der Waals surface area contributed by atoms with Crippen LogP contribution in [-0.4, -0.2) is 51.4 Å². The van der Waals surface area contributed by atoms with E-state index in [1.807, 2.05) is 0 Å². The van der Waals surface area contributed by atoms with Gasteiger partial charge in [-0.05, 0) is 43.9 Å². The van der Waals surface area contributed by atoms with Crippen LogP contribution in [0.5, 0.6) is 0 Å². The molecule has 0 aromatic carbocycles. The molecule has 1 spiro atoms. The molecule has 5 nitrogen and oxygen atoms in total. The van der Waals surface area contributed by atoms with Gasteiger partial charge in [0, 0.05) is 25.9 Å². The van der Waals surface area contributed by atoms with E-state index in [4.69, 9.17) is 15.2 Å². The number of hydrogen-bond donors (Lipinski definition) is 1. The van der Waals surface area contributed by atoms with Gasteiger partial charge in [-0.15, -0.1) is 0 Å². The van der Waals surface area contributed by atoms with Crippen molar-refractivity contribution in [2.24, 2.45) is 17.6 Å². The quantitative estimate of drug-likeness (QED) is 0.813. The van der Waals surface area contributed by atoms with Gasteiger partial charge in [-0.25, -0.2) is 8.42 Å². The fourth-order valence-corrected chi connectivity index (χ4v) is 5.87. The summed E-state index contributed by atoms with van der Waals surface area (Å²) in [7, 11) is -2.84. The van der Waals surface area contributed by atoms with Crippen LogP contribution in [0.2, 0.25) is 0 Å². The van der Waals surface area contributed by atoms with E-state index in [1.54, 1.807) is 0 Å². The first-order chi connectivity index (χ1) is 9.50. The smallest absolute Gasteiger partial charge is 0.150 e. The predicted octanol–water partition coefficient (Wildman–Crippen LogP) is 0.724. The largest absolute Gasteiger partial charge is 0.381 e. The summed E-state index contributed by atoms with van der Waals surface area (Å²) in [6.07, 6.45) is 4.55. The Bertz CT molecular complexity index is 439. The summed E-state index contributed by atoms with van der Waals surface area (Å²) >= 11 is 0. The average Bonchev–Trinajstić information content (AvgIpc) is 2.79. The highest BCUT2D eigenvalue weighted by atomic mass is 32.2. The molecular weight excluding hydrogens is 278 g/mol. The molecule has 6 heteroatoms. The Morgan fingerprint density at radius 3 is 2.50 bits per heavy atom. The van der Waals surface area contributed by atoms with Gasteiger partial charge in [-0.3, -0.25) is 0 Å². The molecule has 116 valence electrons. The Morgan fingerprint density at radius 2 is 1.85 bits per heavy atom. The molecule has 0 aliphatic carbocycles. The minimum absolute atomic E-state index is 0.00380. The van der Waals surface area contributed by atoms with Gasteiger partial charge in [0.2, 0.25) is 0 Å². The third-order valence-corrected chi connectivity index (χ3v) is 7.09. The van der Waals surface area contributed by atoms with Crippen molar-refractivity contribution in [3.05, 3.63) is 0 Å². The molecule has 0 saturated carbocycles. The van der Waals surface area contributed by atoms with Crippen molar-refractivity contribution < 1.29 is 17.9 Å². The van der Waals surface area contributed by atoms with Crippen molar-refractivity contribution in [3.63, 3.8) is 0 Å². The second-order valence-electron chi connectivity index (χ2n) is 6.64. The van der Waals surface area contributed by atoms with Gasteiger partial charge in [0.25, 0.3) is 0 Å². The zero-order valence-electron chi connectivity index (χ0n) is 11.9. The molecular formula is C14H25NO4S. The van der Waals surface area contributed by atoms with Gasteiger partial charge < -0.3 is 15.2 Å². The van der Waals surface area contributed by atoms with Crippen molar-refractivity contribution in [2.75, 3.05) is 31.3 Å². The van der Waals surface area contributed by atoms with Gasteiger partial charge in [-0.2, -0.15) is 0 Å². The van der Waals surface area contributed by atoms with Gasteiger partial charge in [0.15, 0.2) is 9.84 Å². The molecule has 0 aromatic rings. The molecule has 3 rings (SSSR count). The van der Waals surface area contributed by atoms with Crippen molar-refractivity contribution in [2.45, 2.75) is 43.7 Å². The van der Waals surface area contributed by atoms with Gasteiger partial charge in [0.05, 0.1) is 17.1 Å². The fraction of sp³-hybridized carbons (Fsp3) is 1.00. The summed E-state index contributed by atoms with van der Waals surface area (Å²) in [5, 5.41) is 0. The molecule has 0 amide bonds. The molecule has 0 aromatic heterocycles. The van der Waals surface area contributed by atoms with Gasteiger partial charge in [-0.1, -0.05) is 0 Å². The summed E-state index contributed by atoms with van der Waals surface area (Å²) in [6.45, 7) is 2.28. The number of nitrogens with two attached hydrogens (primary N) is 1. The van der Waals surface area contributed by atoms with Crippen LogP contribution in [0.1, 0.15) is 32.1 Å². The molecule has 20 heavy (non-hydrogen) atoms. The molecule has 3 heterocycles. The van der Waals surface area contributed by atoms with Crippen LogP contribution in [0.25, 0.3) is 0 Å². The maximum absolute atomic E-state index is 11.6. The second-order valence-corrected chi connectivity index (χ2v) is 8.87. The molecule has 0 bridgehead atoms. The summed E-state index contributed by atoms with van der Waals surface area (Å²) in [4.78, 5) is 0. The predicted molar refractivity (Wildman–Crippen MR) is 76.2 cm³/mol. The summed E-state index contributed by atoms with van der Waals surface area (Å²) in [5.41, 5.74) is 6.35. The van der Waals surface area contributed by atoms with Gasteiger partial charge >= 0.3 is 0 Å². The number of rotatable bonds is 2. The standard InChI is InChI=1S/C14H25NO4S/c15-13(12-2-8-20(16,17)10-12)11-1-5-19-14(9-11)3-6-18-7-4-14/h11-13H,1-10,15H2. The first kappa shape index (κ1) is 14.8. The van der Waals surface area contributed by atoms with Crippen molar-refractivity contribution >= 4 is 9.84 Å². The van der Waals surface area contributed by atoms with E-state index in [0.717, 1.165) is 51.9 Å². The average molecular weight is 303 g/mol. The molecule has 3 fully saturated rings. The molecule has 3 aliphatic heterocycles. The van der Waals surface area contributed by atoms with Crippen LogP contribution in [0.3, 0.4) is 0 Å². The normalized spacial score (nSPS) is 37.9. The van der Waals surface area contributed by atoms with Crippen LogP contribution in [0.15, 0.2) is 0 Å². The molecule has 2 N–H and O–H groups in total. The van der Waals surface area contributed by atoms with Crippen LogP contribution in [0, 0.1) is 11.8 Å². The monoisotopic (exact) mass is 303 g/mol. The first-order valence-corrected chi connectivity index (χ1v) is 9.50. The van der Waals surface area contributed by atoms with Gasteiger partial charge in [0.1, 0.15) is 0 Å².